The molecule has 0 bridgehead atoms. The van der Waals surface area contributed by atoms with Gasteiger partial charge in [-0.2, -0.15) is 10.2 Å². The Labute approximate surface area is 128 Å². The minimum absolute atomic E-state index is 0.0517. The number of quaternary nitrogens is 1. The number of anilines is 1. The van der Waals surface area contributed by atoms with Gasteiger partial charge in [-0.15, -0.1) is 10.0 Å². The zero-order chi connectivity index (χ0) is 15.7. The van der Waals surface area contributed by atoms with Crippen LogP contribution in [-0.4, -0.2) is 38.2 Å². The third-order valence-electron chi connectivity index (χ3n) is 2.67. The third-order valence-corrected chi connectivity index (χ3v) is 3.60. The van der Waals surface area contributed by atoms with Crippen LogP contribution in [0.5, 0.6) is 0 Å². The van der Waals surface area contributed by atoms with Crippen molar-refractivity contribution in [1.29, 1.82) is 0 Å². The predicted molar refractivity (Wildman–Crippen MR) is 74.2 cm³/mol. The molecule has 1 unspecified atom stereocenters. The van der Waals surface area contributed by atoms with Gasteiger partial charge < -0.3 is 5.21 Å². The number of hydrogen-bond acceptors (Lipinski definition) is 9. The van der Waals surface area contributed by atoms with E-state index >= 15 is 0 Å². The van der Waals surface area contributed by atoms with Crippen molar-refractivity contribution in [2.45, 2.75) is 0 Å². The van der Waals surface area contributed by atoms with Crippen molar-refractivity contribution in [3.8, 4) is 0 Å². The number of aromatic nitrogens is 3. The second-order valence-corrected chi connectivity index (χ2v) is 5.19. The molecule has 2 aromatic rings. The SMILES string of the molecule is CN1ON(c2ncccn2)C(=O)C1=Cc1cnc([NH+]([O-])O)s1. The van der Waals surface area contributed by atoms with Crippen LogP contribution in [0.1, 0.15) is 4.88 Å². The number of amides is 1. The van der Waals surface area contributed by atoms with Gasteiger partial charge in [0.1, 0.15) is 5.70 Å². The number of carbonyl (C=O) groups is 1. The van der Waals surface area contributed by atoms with Gasteiger partial charge in [-0.1, -0.05) is 11.3 Å². The van der Waals surface area contributed by atoms with E-state index in [1.165, 1.54) is 29.7 Å². The standard InChI is InChI=1S/C11H10N6O4S/c1-15-8(5-7-6-14-11(22-7)17(19)20)9(18)16(21-15)10-12-3-2-4-13-10/h2-6,17,19H,1H3. The van der Waals surface area contributed by atoms with E-state index in [4.69, 9.17) is 10.1 Å². The molecule has 0 aromatic carbocycles. The van der Waals surface area contributed by atoms with E-state index in [0.717, 1.165) is 16.4 Å². The van der Waals surface area contributed by atoms with Crippen LogP contribution in [0.15, 0.2) is 30.4 Å². The fraction of sp³-hybridized carbons (Fsp3) is 0.0909. The summed E-state index contributed by atoms with van der Waals surface area (Å²) in [4.78, 5) is 29.8. The van der Waals surface area contributed by atoms with Crippen molar-refractivity contribution in [3.05, 3.63) is 40.4 Å². The number of likely N-dealkylation sites (N-methyl/N-ethyl adjacent to an activating group) is 1. The van der Waals surface area contributed by atoms with Crippen molar-refractivity contribution in [2.75, 3.05) is 12.1 Å². The Bertz CT molecular complexity index is 718. The molecule has 22 heavy (non-hydrogen) atoms. The Morgan fingerprint density at radius 3 is 2.77 bits per heavy atom. The lowest BCUT2D eigenvalue weighted by Crippen LogP contribution is -2.99. The van der Waals surface area contributed by atoms with E-state index in [9.17, 15) is 10.0 Å². The van der Waals surface area contributed by atoms with Gasteiger partial charge in [0.05, 0.1) is 11.1 Å². The van der Waals surface area contributed by atoms with E-state index in [1.54, 1.807) is 13.1 Å². The maximum Gasteiger partial charge on any atom is 0.318 e. The first-order chi connectivity index (χ1) is 10.6. The molecule has 0 aliphatic carbocycles. The van der Waals surface area contributed by atoms with E-state index in [-0.39, 0.29) is 16.8 Å². The quantitative estimate of drug-likeness (QED) is 0.573. The fourth-order valence-electron chi connectivity index (χ4n) is 1.71. The lowest BCUT2D eigenvalue weighted by Gasteiger charge is -2.11. The Hall–Kier alpha value is -2.44. The molecule has 1 saturated heterocycles. The molecule has 3 rings (SSSR count). The third kappa shape index (κ3) is 2.66. The fourth-order valence-corrected chi connectivity index (χ4v) is 2.40. The Balaban J connectivity index is 1.87. The monoisotopic (exact) mass is 322 g/mol. The molecule has 0 radical (unpaired) electrons. The highest BCUT2D eigenvalue weighted by Crippen LogP contribution is 2.26. The van der Waals surface area contributed by atoms with Gasteiger partial charge in [-0.3, -0.25) is 4.79 Å². The second kappa shape index (κ2) is 5.75. The number of hydroxylamine groups is 3. The number of hydrogen-bond donors (Lipinski definition) is 2. The van der Waals surface area contributed by atoms with Crippen LogP contribution >= 0.6 is 11.3 Å². The molecule has 2 N–H and O–H groups in total. The van der Waals surface area contributed by atoms with Crippen LogP contribution in [-0.2, 0) is 9.73 Å². The molecular formula is C11H10N6O4S. The molecule has 11 heteroatoms. The summed E-state index contributed by atoms with van der Waals surface area (Å²) in [5, 5.41) is 20.7. The molecular weight excluding hydrogens is 312 g/mol. The van der Waals surface area contributed by atoms with Crippen LogP contribution in [0.25, 0.3) is 6.08 Å². The van der Waals surface area contributed by atoms with E-state index < -0.39 is 11.1 Å². The zero-order valence-corrected chi connectivity index (χ0v) is 12.0. The average molecular weight is 322 g/mol. The topological polar surface area (TPSA) is 119 Å². The lowest BCUT2D eigenvalue weighted by molar-refractivity contribution is -0.991. The molecule has 10 nitrogen and oxygen atoms in total. The van der Waals surface area contributed by atoms with E-state index in [1.807, 2.05) is 0 Å². The van der Waals surface area contributed by atoms with Gasteiger partial charge >= 0.3 is 11.0 Å². The van der Waals surface area contributed by atoms with Gasteiger partial charge in [-0.05, 0) is 12.1 Å². The largest absolute Gasteiger partial charge is 0.593 e. The number of nitrogens with one attached hydrogen (secondary N) is 1. The van der Waals surface area contributed by atoms with Crippen LogP contribution in [0, 0.1) is 5.21 Å². The highest BCUT2D eigenvalue weighted by molar-refractivity contribution is 7.15. The Kier molecular flexibility index (Phi) is 3.79. The lowest BCUT2D eigenvalue weighted by atomic mass is 10.3. The van der Waals surface area contributed by atoms with Crippen molar-refractivity contribution >= 4 is 34.4 Å². The average Bonchev–Trinajstić information content (AvgIpc) is 3.09. The highest BCUT2D eigenvalue weighted by atomic mass is 32.1. The molecule has 1 aliphatic rings. The molecule has 0 spiro atoms. The molecule has 1 amide bonds. The number of rotatable bonds is 3. The summed E-state index contributed by atoms with van der Waals surface area (Å²) in [5.74, 6) is -0.350. The number of nitrogens with zero attached hydrogens (tertiary/aromatic N) is 5. The van der Waals surface area contributed by atoms with Gasteiger partial charge in [0.25, 0.3) is 5.95 Å². The number of thiazole rings is 1. The summed E-state index contributed by atoms with van der Waals surface area (Å²) in [5.41, 5.74) is 0.216. The zero-order valence-electron chi connectivity index (χ0n) is 11.2. The first-order valence-corrected chi connectivity index (χ1v) is 6.82. The maximum absolute atomic E-state index is 12.3. The van der Waals surface area contributed by atoms with Gasteiger partial charge in [0, 0.05) is 19.4 Å². The Morgan fingerprint density at radius 1 is 1.41 bits per heavy atom. The van der Waals surface area contributed by atoms with E-state index in [2.05, 4.69) is 15.0 Å². The summed E-state index contributed by atoms with van der Waals surface area (Å²) in [7, 11) is 1.55. The first kappa shape index (κ1) is 14.5. The van der Waals surface area contributed by atoms with Gasteiger partial charge in [0.15, 0.2) is 0 Å². The first-order valence-electron chi connectivity index (χ1n) is 6.00. The normalized spacial score (nSPS) is 18.3. The number of carbonyl (C=O) groups excluding carboxylic acids is 1. The maximum atomic E-state index is 12.3. The second-order valence-electron chi connectivity index (χ2n) is 4.13. The summed E-state index contributed by atoms with van der Waals surface area (Å²) < 4.78 is 0. The van der Waals surface area contributed by atoms with Crippen molar-refractivity contribution < 1.29 is 20.2 Å². The van der Waals surface area contributed by atoms with Crippen molar-refractivity contribution in [2.24, 2.45) is 0 Å². The molecule has 3 heterocycles. The molecule has 1 fully saturated rings. The van der Waals surface area contributed by atoms with Crippen molar-refractivity contribution in [1.82, 2.24) is 20.0 Å². The van der Waals surface area contributed by atoms with E-state index in [0.29, 0.717) is 4.88 Å². The summed E-state index contributed by atoms with van der Waals surface area (Å²) in [6.45, 7) is 0. The smallest absolute Gasteiger partial charge is 0.318 e. The summed E-state index contributed by atoms with van der Waals surface area (Å²) in [6.07, 6.45) is 5.85. The summed E-state index contributed by atoms with van der Waals surface area (Å²) in [6, 6.07) is 1.62. The molecule has 1 atom stereocenters. The molecule has 114 valence electrons. The van der Waals surface area contributed by atoms with Gasteiger partial charge in [-0.25, -0.2) is 20.2 Å². The summed E-state index contributed by atoms with van der Waals surface area (Å²) >= 11 is 0.958. The minimum atomic E-state index is -1.11. The van der Waals surface area contributed by atoms with Gasteiger partial charge in [0.2, 0.25) is 0 Å². The minimum Gasteiger partial charge on any atom is -0.593 e. The molecule has 1 aliphatic heterocycles. The van der Waals surface area contributed by atoms with Crippen LogP contribution in [0.3, 0.4) is 0 Å². The van der Waals surface area contributed by atoms with Crippen LogP contribution < -0.4 is 10.3 Å². The molecule has 0 saturated carbocycles. The highest BCUT2D eigenvalue weighted by Gasteiger charge is 2.35. The predicted octanol–water partition coefficient (Wildman–Crippen LogP) is -0.497. The van der Waals surface area contributed by atoms with Crippen molar-refractivity contribution in [3.63, 3.8) is 0 Å². The Morgan fingerprint density at radius 2 is 2.14 bits per heavy atom. The molecule has 2 aromatic heterocycles. The van der Waals surface area contributed by atoms with Crippen LogP contribution in [0.4, 0.5) is 11.1 Å². The van der Waals surface area contributed by atoms with Crippen LogP contribution in [0.2, 0.25) is 0 Å².